The monoisotopic (exact) mass is 257 g/mol. The highest BCUT2D eigenvalue weighted by Crippen LogP contribution is 2.21. The van der Waals surface area contributed by atoms with Gasteiger partial charge in [0.15, 0.2) is 0 Å². The van der Waals surface area contributed by atoms with Gasteiger partial charge in [-0.1, -0.05) is 22.9 Å². The Bertz CT molecular complexity index is 339. The van der Waals surface area contributed by atoms with Gasteiger partial charge in [0.2, 0.25) is 0 Å². The maximum atomic E-state index is 10.8. The standard InChI is InChI=1S/C10H12BrNO2/c1-2-5-12-9-6-7(11)3-4-8(9)10(13)14/h3-4,6,12H,2,5H2,1H3,(H,13,14). The van der Waals surface area contributed by atoms with Gasteiger partial charge >= 0.3 is 5.97 Å². The normalized spacial score (nSPS) is 9.86. The molecule has 4 heteroatoms. The highest BCUT2D eigenvalue weighted by molar-refractivity contribution is 9.10. The molecule has 0 atom stereocenters. The molecule has 0 spiro atoms. The fourth-order valence-corrected chi connectivity index (χ4v) is 1.47. The lowest BCUT2D eigenvalue weighted by molar-refractivity contribution is 0.0698. The van der Waals surface area contributed by atoms with Crippen molar-refractivity contribution in [3.05, 3.63) is 28.2 Å². The molecule has 0 radical (unpaired) electrons. The minimum Gasteiger partial charge on any atom is -0.478 e. The lowest BCUT2D eigenvalue weighted by atomic mass is 10.2. The molecule has 76 valence electrons. The van der Waals surface area contributed by atoms with Crippen molar-refractivity contribution in [2.75, 3.05) is 11.9 Å². The van der Waals surface area contributed by atoms with Gasteiger partial charge in [0.05, 0.1) is 5.56 Å². The van der Waals surface area contributed by atoms with Crippen LogP contribution in [0.5, 0.6) is 0 Å². The second-order valence-corrected chi connectivity index (χ2v) is 3.84. The van der Waals surface area contributed by atoms with E-state index in [0.29, 0.717) is 11.3 Å². The van der Waals surface area contributed by atoms with Crippen LogP contribution in [0.2, 0.25) is 0 Å². The lowest BCUT2D eigenvalue weighted by Gasteiger charge is -2.08. The van der Waals surface area contributed by atoms with E-state index < -0.39 is 5.97 Å². The number of carbonyl (C=O) groups is 1. The predicted octanol–water partition coefficient (Wildman–Crippen LogP) is 2.97. The molecule has 0 unspecified atom stereocenters. The summed E-state index contributed by atoms with van der Waals surface area (Å²) in [6.07, 6.45) is 0.964. The molecule has 3 nitrogen and oxygen atoms in total. The van der Waals surface area contributed by atoms with Gasteiger partial charge < -0.3 is 10.4 Å². The number of hydrogen-bond donors (Lipinski definition) is 2. The number of benzene rings is 1. The molecule has 0 aliphatic rings. The quantitative estimate of drug-likeness (QED) is 0.872. The third-order valence-electron chi connectivity index (χ3n) is 1.78. The summed E-state index contributed by atoms with van der Waals surface area (Å²) in [4.78, 5) is 10.8. The van der Waals surface area contributed by atoms with E-state index in [2.05, 4.69) is 21.2 Å². The molecule has 0 aliphatic heterocycles. The molecule has 0 aliphatic carbocycles. The molecular weight excluding hydrogens is 246 g/mol. The molecule has 1 rings (SSSR count). The zero-order chi connectivity index (χ0) is 10.6. The molecule has 0 bridgehead atoms. The van der Waals surface area contributed by atoms with Crippen molar-refractivity contribution in [1.29, 1.82) is 0 Å². The zero-order valence-electron chi connectivity index (χ0n) is 7.88. The Morgan fingerprint density at radius 2 is 2.29 bits per heavy atom. The summed E-state index contributed by atoms with van der Waals surface area (Å²) in [5.41, 5.74) is 0.968. The van der Waals surface area contributed by atoms with Gasteiger partial charge in [-0.15, -0.1) is 0 Å². The SMILES string of the molecule is CCCNc1cc(Br)ccc1C(=O)O. The number of rotatable bonds is 4. The van der Waals surface area contributed by atoms with E-state index in [4.69, 9.17) is 5.11 Å². The third kappa shape index (κ3) is 2.73. The molecule has 2 N–H and O–H groups in total. The number of aromatic carboxylic acids is 1. The Balaban J connectivity index is 2.97. The van der Waals surface area contributed by atoms with E-state index in [1.165, 1.54) is 0 Å². The van der Waals surface area contributed by atoms with Gasteiger partial charge in [-0.3, -0.25) is 0 Å². The zero-order valence-corrected chi connectivity index (χ0v) is 9.47. The molecule has 1 aromatic carbocycles. The molecule has 0 heterocycles. The summed E-state index contributed by atoms with van der Waals surface area (Å²) in [6.45, 7) is 2.81. The average molecular weight is 258 g/mol. The maximum Gasteiger partial charge on any atom is 0.337 e. The third-order valence-corrected chi connectivity index (χ3v) is 2.27. The van der Waals surface area contributed by atoms with E-state index in [-0.39, 0.29) is 0 Å². The molecule has 0 aromatic heterocycles. The molecule has 0 fully saturated rings. The van der Waals surface area contributed by atoms with Crippen LogP contribution in [-0.2, 0) is 0 Å². The summed E-state index contributed by atoms with van der Waals surface area (Å²) in [6, 6.07) is 5.09. The van der Waals surface area contributed by atoms with Gasteiger partial charge in [0.25, 0.3) is 0 Å². The number of anilines is 1. The van der Waals surface area contributed by atoms with Crippen LogP contribution in [-0.4, -0.2) is 17.6 Å². The van der Waals surface area contributed by atoms with Crippen LogP contribution >= 0.6 is 15.9 Å². The number of carboxylic acid groups (broad SMARTS) is 1. The Labute approximate surface area is 91.3 Å². The Morgan fingerprint density at radius 1 is 1.57 bits per heavy atom. The molecular formula is C10H12BrNO2. The van der Waals surface area contributed by atoms with Crippen molar-refractivity contribution < 1.29 is 9.90 Å². The highest BCUT2D eigenvalue weighted by Gasteiger charge is 2.09. The summed E-state index contributed by atoms with van der Waals surface area (Å²) in [5, 5.41) is 12.0. The summed E-state index contributed by atoms with van der Waals surface area (Å²) >= 11 is 3.30. The van der Waals surface area contributed by atoms with Crippen LogP contribution in [0, 0.1) is 0 Å². The summed E-state index contributed by atoms with van der Waals surface area (Å²) < 4.78 is 0.876. The van der Waals surface area contributed by atoms with Crippen molar-refractivity contribution in [2.45, 2.75) is 13.3 Å². The first-order valence-electron chi connectivity index (χ1n) is 4.42. The minimum absolute atomic E-state index is 0.307. The summed E-state index contributed by atoms with van der Waals surface area (Å²) in [5.74, 6) is -0.906. The molecule has 0 saturated carbocycles. The van der Waals surface area contributed by atoms with Gasteiger partial charge in [0, 0.05) is 16.7 Å². The molecule has 0 amide bonds. The minimum atomic E-state index is -0.906. The van der Waals surface area contributed by atoms with Crippen LogP contribution in [0.1, 0.15) is 23.7 Å². The number of nitrogens with one attached hydrogen (secondary N) is 1. The first kappa shape index (κ1) is 11.0. The molecule has 1 aromatic rings. The van der Waals surface area contributed by atoms with E-state index in [1.54, 1.807) is 18.2 Å². The van der Waals surface area contributed by atoms with Gasteiger partial charge in [-0.05, 0) is 24.6 Å². The van der Waals surface area contributed by atoms with Gasteiger partial charge in [-0.2, -0.15) is 0 Å². The maximum absolute atomic E-state index is 10.8. The molecule has 14 heavy (non-hydrogen) atoms. The Morgan fingerprint density at radius 3 is 2.86 bits per heavy atom. The number of carboxylic acids is 1. The highest BCUT2D eigenvalue weighted by atomic mass is 79.9. The van der Waals surface area contributed by atoms with Crippen molar-refractivity contribution in [3.63, 3.8) is 0 Å². The first-order valence-corrected chi connectivity index (χ1v) is 5.21. The molecule has 0 saturated heterocycles. The van der Waals surface area contributed by atoms with E-state index in [1.807, 2.05) is 6.92 Å². The van der Waals surface area contributed by atoms with E-state index >= 15 is 0 Å². The second kappa shape index (κ2) is 5.00. The van der Waals surface area contributed by atoms with Crippen LogP contribution in [0.4, 0.5) is 5.69 Å². The largest absolute Gasteiger partial charge is 0.478 e. The van der Waals surface area contributed by atoms with E-state index in [0.717, 1.165) is 17.4 Å². The topological polar surface area (TPSA) is 49.3 Å². The van der Waals surface area contributed by atoms with Crippen molar-refractivity contribution >= 4 is 27.6 Å². The first-order chi connectivity index (χ1) is 6.65. The van der Waals surface area contributed by atoms with Crippen LogP contribution < -0.4 is 5.32 Å². The second-order valence-electron chi connectivity index (χ2n) is 2.92. The predicted molar refractivity (Wildman–Crippen MR) is 59.9 cm³/mol. The number of halogens is 1. The van der Waals surface area contributed by atoms with Gasteiger partial charge in [-0.25, -0.2) is 4.79 Å². The van der Waals surface area contributed by atoms with Crippen LogP contribution in [0.3, 0.4) is 0 Å². The fraction of sp³-hybridized carbons (Fsp3) is 0.300. The van der Waals surface area contributed by atoms with Gasteiger partial charge in [0.1, 0.15) is 0 Å². The fourth-order valence-electron chi connectivity index (χ4n) is 1.11. The van der Waals surface area contributed by atoms with Crippen molar-refractivity contribution in [3.8, 4) is 0 Å². The number of hydrogen-bond acceptors (Lipinski definition) is 2. The van der Waals surface area contributed by atoms with Crippen LogP contribution in [0.15, 0.2) is 22.7 Å². The summed E-state index contributed by atoms with van der Waals surface area (Å²) in [7, 11) is 0. The van der Waals surface area contributed by atoms with Crippen molar-refractivity contribution in [1.82, 2.24) is 0 Å². The Hall–Kier alpha value is -1.03. The lowest BCUT2D eigenvalue weighted by Crippen LogP contribution is -2.06. The van der Waals surface area contributed by atoms with Crippen LogP contribution in [0.25, 0.3) is 0 Å². The Kier molecular flexibility index (Phi) is 3.95. The van der Waals surface area contributed by atoms with E-state index in [9.17, 15) is 4.79 Å². The average Bonchev–Trinajstić information content (AvgIpc) is 2.14. The van der Waals surface area contributed by atoms with Crippen molar-refractivity contribution in [2.24, 2.45) is 0 Å². The smallest absolute Gasteiger partial charge is 0.337 e.